The summed E-state index contributed by atoms with van der Waals surface area (Å²) in [5.41, 5.74) is 5.49. The first kappa shape index (κ1) is 16.7. The summed E-state index contributed by atoms with van der Waals surface area (Å²) in [4.78, 5) is 14.0. The van der Waals surface area contributed by atoms with Crippen molar-refractivity contribution in [2.24, 2.45) is 17.1 Å². The van der Waals surface area contributed by atoms with Crippen LogP contribution in [0.3, 0.4) is 0 Å². The summed E-state index contributed by atoms with van der Waals surface area (Å²) in [6, 6.07) is 3.96. The minimum atomic E-state index is 0.107. The molecule has 0 fully saturated rings. The number of carbonyl (C=O) groups is 1. The van der Waals surface area contributed by atoms with Gasteiger partial charge in [0.15, 0.2) is 0 Å². The average molecular weight is 292 g/mol. The molecule has 0 bridgehead atoms. The molecule has 1 atom stereocenters. The van der Waals surface area contributed by atoms with E-state index in [-0.39, 0.29) is 11.3 Å². The maximum atomic E-state index is 11.9. The fourth-order valence-corrected chi connectivity index (χ4v) is 2.34. The number of carbonyl (C=O) groups excluding carboxylic acids is 1. The van der Waals surface area contributed by atoms with Crippen molar-refractivity contribution < 1.29 is 4.79 Å². The van der Waals surface area contributed by atoms with Crippen molar-refractivity contribution >= 4 is 17.2 Å². The molecule has 110 valence electrons. The molecular formula is C16H24N2OS. The Balaban J connectivity index is 2.43. The molecule has 4 heteroatoms. The van der Waals surface area contributed by atoms with E-state index in [4.69, 9.17) is 5.73 Å². The van der Waals surface area contributed by atoms with E-state index in [1.165, 1.54) is 0 Å². The van der Waals surface area contributed by atoms with Gasteiger partial charge in [-0.3, -0.25) is 4.79 Å². The molecule has 0 aromatic carbocycles. The maximum absolute atomic E-state index is 11.9. The Morgan fingerprint density at radius 2 is 2.15 bits per heavy atom. The fraction of sp³-hybridized carbons (Fsp3) is 0.562. The molecule has 3 nitrogen and oxygen atoms in total. The molecule has 0 aliphatic heterocycles. The molecule has 3 N–H and O–H groups in total. The van der Waals surface area contributed by atoms with Gasteiger partial charge >= 0.3 is 0 Å². The molecule has 1 unspecified atom stereocenters. The number of nitrogens with two attached hydrogens (primary N) is 1. The molecule has 0 saturated carbocycles. The number of nitrogens with one attached hydrogen (secondary N) is 1. The van der Waals surface area contributed by atoms with Crippen LogP contribution in [-0.2, 0) is 11.3 Å². The summed E-state index contributed by atoms with van der Waals surface area (Å²) in [5, 5.41) is 2.97. The van der Waals surface area contributed by atoms with Gasteiger partial charge in [0.25, 0.3) is 0 Å². The zero-order valence-corrected chi connectivity index (χ0v) is 13.6. The van der Waals surface area contributed by atoms with Gasteiger partial charge in [0.05, 0.1) is 18.0 Å². The van der Waals surface area contributed by atoms with E-state index in [0.29, 0.717) is 25.4 Å². The highest BCUT2D eigenvalue weighted by atomic mass is 32.1. The summed E-state index contributed by atoms with van der Waals surface area (Å²) in [7, 11) is 0. The second-order valence-corrected chi connectivity index (χ2v) is 7.19. The number of hydrogen-bond acceptors (Lipinski definition) is 3. The van der Waals surface area contributed by atoms with Crippen LogP contribution in [0.5, 0.6) is 0 Å². The monoisotopic (exact) mass is 292 g/mol. The first-order valence-electron chi connectivity index (χ1n) is 6.87. The third kappa shape index (κ3) is 5.77. The van der Waals surface area contributed by atoms with Crippen LogP contribution in [-0.4, -0.2) is 12.5 Å². The molecule has 0 radical (unpaired) electrons. The predicted octanol–water partition coefficient (Wildman–Crippen LogP) is 2.75. The van der Waals surface area contributed by atoms with Gasteiger partial charge in [-0.2, -0.15) is 0 Å². The van der Waals surface area contributed by atoms with Crippen LogP contribution in [0.2, 0.25) is 0 Å². The molecule has 1 rings (SSSR count). The van der Waals surface area contributed by atoms with Gasteiger partial charge in [0.2, 0.25) is 5.91 Å². The normalized spacial score (nSPS) is 12.4. The van der Waals surface area contributed by atoms with Crippen molar-refractivity contribution in [1.29, 1.82) is 0 Å². The van der Waals surface area contributed by atoms with Crippen LogP contribution in [0.15, 0.2) is 12.1 Å². The highest BCUT2D eigenvalue weighted by Gasteiger charge is 2.22. The van der Waals surface area contributed by atoms with Gasteiger partial charge in [-0.05, 0) is 23.5 Å². The lowest BCUT2D eigenvalue weighted by Crippen LogP contribution is -2.28. The van der Waals surface area contributed by atoms with Crippen LogP contribution < -0.4 is 11.1 Å². The molecule has 1 aromatic heterocycles. The Bertz CT molecular complexity index is 503. The zero-order valence-electron chi connectivity index (χ0n) is 12.7. The van der Waals surface area contributed by atoms with Gasteiger partial charge < -0.3 is 11.1 Å². The van der Waals surface area contributed by atoms with Gasteiger partial charge in [-0.15, -0.1) is 11.3 Å². The lowest BCUT2D eigenvalue weighted by molar-refractivity contribution is -0.122. The molecule has 1 aromatic rings. The Hall–Kier alpha value is -1.31. The second kappa shape index (κ2) is 7.47. The molecule has 0 spiro atoms. The van der Waals surface area contributed by atoms with Crippen LogP contribution >= 0.6 is 11.3 Å². The molecular weight excluding hydrogens is 268 g/mol. The van der Waals surface area contributed by atoms with Gasteiger partial charge in [-0.25, -0.2) is 0 Å². The fourth-order valence-electron chi connectivity index (χ4n) is 1.52. The van der Waals surface area contributed by atoms with E-state index in [2.05, 4.69) is 44.9 Å². The van der Waals surface area contributed by atoms with Gasteiger partial charge in [-0.1, -0.05) is 39.5 Å². The number of hydrogen-bond donors (Lipinski definition) is 2. The van der Waals surface area contributed by atoms with E-state index in [1.807, 2.05) is 12.1 Å². The molecule has 0 aliphatic carbocycles. The molecule has 0 saturated heterocycles. The lowest BCUT2D eigenvalue weighted by Gasteiger charge is -2.26. The Labute approximate surface area is 126 Å². The highest BCUT2D eigenvalue weighted by Crippen LogP contribution is 2.27. The van der Waals surface area contributed by atoms with E-state index >= 15 is 0 Å². The summed E-state index contributed by atoms with van der Waals surface area (Å²) in [5.74, 6) is 6.29. The third-order valence-electron chi connectivity index (χ3n) is 3.41. The Morgan fingerprint density at radius 3 is 2.75 bits per heavy atom. The van der Waals surface area contributed by atoms with E-state index in [9.17, 15) is 4.79 Å². The largest absolute Gasteiger partial charge is 0.351 e. The van der Waals surface area contributed by atoms with Crippen LogP contribution in [0.4, 0.5) is 0 Å². The van der Waals surface area contributed by atoms with Crippen molar-refractivity contribution in [3.63, 3.8) is 0 Å². The highest BCUT2D eigenvalue weighted by molar-refractivity contribution is 7.12. The molecule has 20 heavy (non-hydrogen) atoms. The zero-order chi connectivity index (χ0) is 15.2. The topological polar surface area (TPSA) is 55.1 Å². The van der Waals surface area contributed by atoms with Gasteiger partial charge in [0.1, 0.15) is 0 Å². The molecule has 1 heterocycles. The summed E-state index contributed by atoms with van der Waals surface area (Å²) in [6.45, 7) is 9.54. The van der Waals surface area contributed by atoms with Crippen molar-refractivity contribution in [2.45, 2.75) is 40.7 Å². The lowest BCUT2D eigenvalue weighted by atomic mass is 9.80. The average Bonchev–Trinajstić information content (AvgIpc) is 2.80. The van der Waals surface area contributed by atoms with E-state index < -0.39 is 0 Å². The first-order valence-corrected chi connectivity index (χ1v) is 7.69. The molecule has 0 aliphatic rings. The standard InChI is InChI=1S/C16H24N2OS/c1-12(16(2,3)4)10-15(19)18-11-14-8-7-13(20-14)6-5-9-17/h7-8,12H,9-11,17H2,1-4H3,(H,18,19). The summed E-state index contributed by atoms with van der Waals surface area (Å²) in [6.07, 6.45) is 0.564. The van der Waals surface area contributed by atoms with Gasteiger partial charge in [0, 0.05) is 11.3 Å². The van der Waals surface area contributed by atoms with Crippen LogP contribution in [0, 0.1) is 23.2 Å². The number of rotatable bonds is 4. The number of thiophene rings is 1. The SMILES string of the molecule is CC(CC(=O)NCc1ccc(C#CCN)s1)C(C)(C)C. The minimum absolute atomic E-state index is 0.107. The van der Waals surface area contributed by atoms with E-state index in [1.54, 1.807) is 11.3 Å². The van der Waals surface area contributed by atoms with Crippen molar-refractivity contribution in [3.8, 4) is 11.8 Å². The second-order valence-electron chi connectivity index (χ2n) is 6.02. The first-order chi connectivity index (χ1) is 9.32. The quantitative estimate of drug-likeness (QED) is 0.838. The van der Waals surface area contributed by atoms with Crippen molar-refractivity contribution in [1.82, 2.24) is 5.32 Å². The van der Waals surface area contributed by atoms with Crippen molar-refractivity contribution in [2.75, 3.05) is 6.54 Å². The minimum Gasteiger partial charge on any atom is -0.351 e. The summed E-state index contributed by atoms with van der Waals surface area (Å²) >= 11 is 1.60. The van der Waals surface area contributed by atoms with Crippen molar-refractivity contribution in [3.05, 3.63) is 21.9 Å². The van der Waals surface area contributed by atoms with E-state index in [0.717, 1.165) is 9.75 Å². The third-order valence-corrected chi connectivity index (χ3v) is 4.41. The Kier molecular flexibility index (Phi) is 6.25. The molecule has 1 amide bonds. The maximum Gasteiger partial charge on any atom is 0.220 e. The summed E-state index contributed by atoms with van der Waals surface area (Å²) < 4.78 is 0. The number of amides is 1. The Morgan fingerprint density at radius 1 is 1.45 bits per heavy atom. The predicted molar refractivity (Wildman–Crippen MR) is 85.3 cm³/mol. The smallest absolute Gasteiger partial charge is 0.220 e. The van der Waals surface area contributed by atoms with Crippen LogP contribution in [0.25, 0.3) is 0 Å². The van der Waals surface area contributed by atoms with Crippen LogP contribution in [0.1, 0.15) is 43.9 Å².